The average Bonchev–Trinajstić information content (AvgIpc) is 3.36. The number of hydrogen-bond acceptors (Lipinski definition) is 5. The van der Waals surface area contributed by atoms with Gasteiger partial charge in [0.15, 0.2) is 0 Å². The van der Waals surface area contributed by atoms with Gasteiger partial charge in [-0.3, -0.25) is 0 Å². The van der Waals surface area contributed by atoms with E-state index in [9.17, 15) is 4.79 Å². The number of thiophene rings is 1. The standard InChI is InChI=1S/C27H25NO3S/c1-30-27(29)23-13-11-20(12-14-23)16-21(17-28-18-24-8-5-15-32-24)19-31-26-10-4-7-22-6-2-3-9-25(22)26/h2-16,28H,17-19H2,1H3/b21-16-. The van der Waals surface area contributed by atoms with Crippen LogP contribution < -0.4 is 10.1 Å². The third-order valence-corrected chi connectivity index (χ3v) is 5.97. The number of ether oxygens (including phenoxy) is 2. The number of hydrogen-bond donors (Lipinski definition) is 1. The number of fused-ring (bicyclic) bond motifs is 1. The summed E-state index contributed by atoms with van der Waals surface area (Å²) in [5.41, 5.74) is 2.65. The van der Waals surface area contributed by atoms with E-state index in [1.54, 1.807) is 23.5 Å². The molecule has 32 heavy (non-hydrogen) atoms. The van der Waals surface area contributed by atoms with Gasteiger partial charge < -0.3 is 14.8 Å². The molecule has 5 heteroatoms. The van der Waals surface area contributed by atoms with Gasteiger partial charge in [0.1, 0.15) is 12.4 Å². The van der Waals surface area contributed by atoms with Gasteiger partial charge in [-0.2, -0.15) is 0 Å². The van der Waals surface area contributed by atoms with Crippen LogP contribution in [-0.2, 0) is 11.3 Å². The number of benzene rings is 3. The first-order valence-corrected chi connectivity index (χ1v) is 11.3. The summed E-state index contributed by atoms with van der Waals surface area (Å²) in [7, 11) is 1.39. The lowest BCUT2D eigenvalue weighted by Gasteiger charge is -2.13. The Balaban J connectivity index is 1.51. The first-order valence-electron chi connectivity index (χ1n) is 10.4. The van der Waals surface area contributed by atoms with Gasteiger partial charge >= 0.3 is 5.97 Å². The molecule has 0 saturated heterocycles. The molecule has 4 nitrogen and oxygen atoms in total. The van der Waals surface area contributed by atoms with Crippen molar-refractivity contribution in [2.45, 2.75) is 6.54 Å². The summed E-state index contributed by atoms with van der Waals surface area (Å²) in [5.74, 6) is 0.533. The Morgan fingerprint density at radius 3 is 2.56 bits per heavy atom. The smallest absolute Gasteiger partial charge is 0.337 e. The van der Waals surface area contributed by atoms with E-state index in [1.165, 1.54) is 12.0 Å². The van der Waals surface area contributed by atoms with E-state index in [1.807, 2.05) is 36.4 Å². The third kappa shape index (κ3) is 5.63. The second kappa shape index (κ2) is 10.8. The second-order valence-electron chi connectivity index (χ2n) is 7.37. The lowest BCUT2D eigenvalue weighted by atomic mass is 10.1. The summed E-state index contributed by atoms with van der Waals surface area (Å²) < 4.78 is 11.0. The number of esters is 1. The monoisotopic (exact) mass is 443 g/mol. The molecule has 0 radical (unpaired) electrons. The van der Waals surface area contributed by atoms with E-state index in [0.717, 1.165) is 34.2 Å². The van der Waals surface area contributed by atoms with Crippen LogP contribution in [0.3, 0.4) is 0 Å². The minimum absolute atomic E-state index is 0.336. The van der Waals surface area contributed by atoms with Crippen molar-refractivity contribution in [3.63, 3.8) is 0 Å². The Labute approximate surface area is 192 Å². The fourth-order valence-electron chi connectivity index (χ4n) is 3.46. The molecule has 0 aliphatic heterocycles. The summed E-state index contributed by atoms with van der Waals surface area (Å²) in [6, 6.07) is 25.9. The van der Waals surface area contributed by atoms with Crippen molar-refractivity contribution in [1.82, 2.24) is 5.32 Å². The Kier molecular flexibility index (Phi) is 7.33. The van der Waals surface area contributed by atoms with Crippen LogP contribution in [0.4, 0.5) is 0 Å². The van der Waals surface area contributed by atoms with Gasteiger partial charge in [0.05, 0.1) is 12.7 Å². The predicted molar refractivity (Wildman–Crippen MR) is 131 cm³/mol. The molecule has 0 amide bonds. The Morgan fingerprint density at radius 2 is 1.78 bits per heavy atom. The number of rotatable bonds is 9. The van der Waals surface area contributed by atoms with Crippen molar-refractivity contribution < 1.29 is 14.3 Å². The highest BCUT2D eigenvalue weighted by molar-refractivity contribution is 7.09. The highest BCUT2D eigenvalue weighted by atomic mass is 32.1. The lowest BCUT2D eigenvalue weighted by molar-refractivity contribution is 0.0600. The second-order valence-corrected chi connectivity index (χ2v) is 8.40. The average molecular weight is 444 g/mol. The molecule has 4 aromatic rings. The Bertz CT molecular complexity index is 1190. The van der Waals surface area contributed by atoms with Crippen molar-refractivity contribution in [1.29, 1.82) is 0 Å². The molecule has 0 aliphatic rings. The number of nitrogens with one attached hydrogen (secondary N) is 1. The van der Waals surface area contributed by atoms with E-state index < -0.39 is 0 Å². The number of carbonyl (C=O) groups excluding carboxylic acids is 1. The summed E-state index contributed by atoms with van der Waals surface area (Å²) in [6.45, 7) is 1.97. The molecule has 1 N–H and O–H groups in total. The van der Waals surface area contributed by atoms with Crippen LogP contribution in [-0.4, -0.2) is 26.2 Å². The molecular weight excluding hydrogens is 418 g/mol. The zero-order valence-corrected chi connectivity index (χ0v) is 18.7. The number of carbonyl (C=O) groups is 1. The molecule has 0 spiro atoms. The van der Waals surface area contributed by atoms with Gasteiger partial charge in [-0.25, -0.2) is 4.79 Å². The van der Waals surface area contributed by atoms with E-state index in [0.29, 0.717) is 18.7 Å². The van der Waals surface area contributed by atoms with Gasteiger partial charge in [0, 0.05) is 23.4 Å². The van der Waals surface area contributed by atoms with Crippen LogP contribution in [0.1, 0.15) is 20.8 Å². The van der Waals surface area contributed by atoms with Crippen molar-refractivity contribution >= 4 is 34.2 Å². The molecule has 0 aliphatic carbocycles. The van der Waals surface area contributed by atoms with Crippen LogP contribution >= 0.6 is 11.3 Å². The summed E-state index contributed by atoms with van der Waals surface area (Å²) in [6.07, 6.45) is 2.10. The van der Waals surface area contributed by atoms with Gasteiger partial charge in [0.2, 0.25) is 0 Å². The summed E-state index contributed by atoms with van der Waals surface area (Å²) >= 11 is 1.74. The van der Waals surface area contributed by atoms with Crippen molar-refractivity contribution in [2.24, 2.45) is 0 Å². The van der Waals surface area contributed by atoms with E-state index in [-0.39, 0.29) is 5.97 Å². The van der Waals surface area contributed by atoms with Gasteiger partial charge in [-0.1, -0.05) is 60.7 Å². The molecule has 0 fully saturated rings. The maximum atomic E-state index is 11.7. The van der Waals surface area contributed by atoms with Crippen molar-refractivity contribution in [3.8, 4) is 5.75 Å². The lowest BCUT2D eigenvalue weighted by Crippen LogP contribution is -2.19. The van der Waals surface area contributed by atoms with Crippen LogP contribution in [0.5, 0.6) is 5.75 Å². The third-order valence-electron chi connectivity index (χ3n) is 5.10. The highest BCUT2D eigenvalue weighted by Gasteiger charge is 2.07. The van der Waals surface area contributed by atoms with E-state index in [2.05, 4.69) is 47.1 Å². The quantitative estimate of drug-likeness (QED) is 0.325. The van der Waals surface area contributed by atoms with Crippen molar-refractivity contribution in [3.05, 3.63) is 106 Å². The molecule has 1 heterocycles. The van der Waals surface area contributed by atoms with Gasteiger partial charge in [-0.15, -0.1) is 11.3 Å². The predicted octanol–water partition coefficient (Wildman–Crippen LogP) is 5.94. The van der Waals surface area contributed by atoms with Crippen LogP contribution in [0.15, 0.2) is 89.8 Å². The summed E-state index contributed by atoms with van der Waals surface area (Å²) in [5, 5.41) is 7.85. The molecule has 1 aromatic heterocycles. The minimum atomic E-state index is -0.336. The fraction of sp³-hybridized carbons (Fsp3) is 0.148. The molecule has 0 saturated carbocycles. The fourth-order valence-corrected chi connectivity index (χ4v) is 4.14. The maximum absolute atomic E-state index is 11.7. The summed E-state index contributed by atoms with van der Waals surface area (Å²) in [4.78, 5) is 13.0. The largest absolute Gasteiger partial charge is 0.489 e. The Hall–Kier alpha value is -3.41. The molecular formula is C27H25NO3S. The van der Waals surface area contributed by atoms with Gasteiger partial charge in [-0.05, 0) is 46.2 Å². The zero-order valence-electron chi connectivity index (χ0n) is 17.9. The zero-order chi connectivity index (χ0) is 22.2. The van der Waals surface area contributed by atoms with Crippen LogP contribution in [0, 0.1) is 0 Å². The van der Waals surface area contributed by atoms with Crippen LogP contribution in [0.2, 0.25) is 0 Å². The number of methoxy groups -OCH3 is 1. The minimum Gasteiger partial charge on any atom is -0.489 e. The highest BCUT2D eigenvalue weighted by Crippen LogP contribution is 2.25. The first kappa shape index (κ1) is 21.8. The van der Waals surface area contributed by atoms with Crippen molar-refractivity contribution in [2.75, 3.05) is 20.3 Å². The molecule has 0 bridgehead atoms. The van der Waals surface area contributed by atoms with Crippen LogP contribution in [0.25, 0.3) is 16.8 Å². The topological polar surface area (TPSA) is 47.6 Å². The normalized spacial score (nSPS) is 11.5. The molecule has 162 valence electrons. The Morgan fingerprint density at radius 1 is 0.969 bits per heavy atom. The molecule has 3 aromatic carbocycles. The molecule has 0 unspecified atom stereocenters. The molecule has 4 rings (SSSR count). The van der Waals surface area contributed by atoms with E-state index in [4.69, 9.17) is 9.47 Å². The first-order chi connectivity index (χ1) is 15.7. The SMILES string of the molecule is COC(=O)c1ccc(/C=C(/CNCc2cccs2)COc2cccc3ccccc23)cc1. The molecule has 0 atom stereocenters. The van der Waals surface area contributed by atoms with Gasteiger partial charge in [0.25, 0.3) is 0 Å². The maximum Gasteiger partial charge on any atom is 0.337 e. The van der Waals surface area contributed by atoms with E-state index >= 15 is 0 Å².